The lowest BCUT2D eigenvalue weighted by molar-refractivity contribution is 0.0569. The average molecular weight is 334 g/mol. The monoisotopic (exact) mass is 334 g/mol. The van der Waals surface area contributed by atoms with E-state index in [-0.39, 0.29) is 11.8 Å². The number of amides is 1. The molecule has 0 radical (unpaired) electrons. The van der Waals surface area contributed by atoms with Gasteiger partial charge >= 0.3 is 0 Å². The molecular formula is C19H18N4O2. The Labute approximate surface area is 145 Å². The van der Waals surface area contributed by atoms with Gasteiger partial charge in [-0.15, -0.1) is 0 Å². The van der Waals surface area contributed by atoms with E-state index in [1.807, 2.05) is 49.1 Å². The van der Waals surface area contributed by atoms with Crippen molar-refractivity contribution in [2.75, 3.05) is 13.1 Å². The van der Waals surface area contributed by atoms with Crippen LogP contribution < -0.4 is 0 Å². The van der Waals surface area contributed by atoms with E-state index in [1.54, 1.807) is 6.20 Å². The van der Waals surface area contributed by atoms with E-state index < -0.39 is 0 Å². The van der Waals surface area contributed by atoms with Gasteiger partial charge in [0.1, 0.15) is 5.69 Å². The number of rotatable bonds is 3. The van der Waals surface area contributed by atoms with Crippen molar-refractivity contribution >= 4 is 5.91 Å². The van der Waals surface area contributed by atoms with Gasteiger partial charge in [-0.25, -0.2) is 0 Å². The van der Waals surface area contributed by atoms with Crippen LogP contribution in [0, 0.1) is 13.8 Å². The largest absolute Gasteiger partial charge is 0.338 e. The molecule has 0 spiro atoms. The SMILES string of the molecule is Cc1cc(C)cc(C(=O)N2CC(c3nc(-c4ccccn4)no3)C2)c1. The molecule has 1 fully saturated rings. The third-order valence-corrected chi connectivity index (χ3v) is 4.32. The summed E-state index contributed by atoms with van der Waals surface area (Å²) >= 11 is 0. The van der Waals surface area contributed by atoms with Gasteiger partial charge in [-0.05, 0) is 38.1 Å². The number of hydrogen-bond acceptors (Lipinski definition) is 5. The molecule has 0 N–H and O–H groups in total. The van der Waals surface area contributed by atoms with Crippen molar-refractivity contribution in [1.82, 2.24) is 20.0 Å². The third kappa shape index (κ3) is 3.03. The van der Waals surface area contributed by atoms with Crippen molar-refractivity contribution in [1.29, 1.82) is 0 Å². The van der Waals surface area contributed by atoms with Gasteiger partial charge in [-0.1, -0.05) is 28.4 Å². The van der Waals surface area contributed by atoms with Crippen molar-refractivity contribution in [2.45, 2.75) is 19.8 Å². The van der Waals surface area contributed by atoms with Crippen LogP contribution in [0.3, 0.4) is 0 Å². The van der Waals surface area contributed by atoms with Gasteiger partial charge in [0.2, 0.25) is 11.7 Å². The van der Waals surface area contributed by atoms with E-state index in [4.69, 9.17) is 4.52 Å². The molecule has 126 valence electrons. The molecule has 6 nitrogen and oxygen atoms in total. The highest BCUT2D eigenvalue weighted by Crippen LogP contribution is 2.28. The number of benzene rings is 1. The highest BCUT2D eigenvalue weighted by Gasteiger charge is 2.36. The Balaban J connectivity index is 1.44. The number of nitrogens with zero attached hydrogens (tertiary/aromatic N) is 4. The lowest BCUT2D eigenvalue weighted by atomic mass is 9.98. The van der Waals surface area contributed by atoms with Gasteiger partial charge < -0.3 is 9.42 Å². The second-order valence-electron chi connectivity index (χ2n) is 6.45. The summed E-state index contributed by atoms with van der Waals surface area (Å²) in [6.07, 6.45) is 1.69. The van der Waals surface area contributed by atoms with Crippen LogP contribution in [-0.4, -0.2) is 39.0 Å². The Morgan fingerprint density at radius 1 is 1.16 bits per heavy atom. The topological polar surface area (TPSA) is 72.1 Å². The molecule has 6 heteroatoms. The molecular weight excluding hydrogens is 316 g/mol. The highest BCUT2D eigenvalue weighted by molar-refractivity contribution is 5.95. The predicted octanol–water partition coefficient (Wildman–Crippen LogP) is 2.99. The van der Waals surface area contributed by atoms with Crippen LogP contribution in [0.25, 0.3) is 11.5 Å². The quantitative estimate of drug-likeness (QED) is 0.736. The lowest BCUT2D eigenvalue weighted by Crippen LogP contribution is -2.48. The summed E-state index contributed by atoms with van der Waals surface area (Å²) in [7, 11) is 0. The molecule has 1 aliphatic rings. The summed E-state index contributed by atoms with van der Waals surface area (Å²) in [6, 6.07) is 11.5. The van der Waals surface area contributed by atoms with Crippen molar-refractivity contribution in [3.63, 3.8) is 0 Å². The van der Waals surface area contributed by atoms with Crippen molar-refractivity contribution in [2.24, 2.45) is 0 Å². The summed E-state index contributed by atoms with van der Waals surface area (Å²) in [6.45, 7) is 5.19. The van der Waals surface area contributed by atoms with Gasteiger partial charge in [0.05, 0.1) is 5.92 Å². The molecule has 1 amide bonds. The Hall–Kier alpha value is -3.02. The number of hydrogen-bond donors (Lipinski definition) is 0. The molecule has 2 aromatic heterocycles. The second-order valence-corrected chi connectivity index (χ2v) is 6.45. The summed E-state index contributed by atoms with van der Waals surface area (Å²) in [4.78, 5) is 23.0. The van der Waals surface area contributed by atoms with Crippen LogP contribution in [0.2, 0.25) is 0 Å². The summed E-state index contributed by atoms with van der Waals surface area (Å²) in [5, 5.41) is 3.99. The first-order valence-electron chi connectivity index (χ1n) is 8.23. The van der Waals surface area contributed by atoms with E-state index >= 15 is 0 Å². The maximum Gasteiger partial charge on any atom is 0.253 e. The number of carbonyl (C=O) groups is 1. The fraction of sp³-hybridized carbons (Fsp3) is 0.263. The summed E-state index contributed by atoms with van der Waals surface area (Å²) < 4.78 is 5.36. The minimum Gasteiger partial charge on any atom is -0.338 e. The third-order valence-electron chi connectivity index (χ3n) is 4.32. The van der Waals surface area contributed by atoms with E-state index in [0.717, 1.165) is 16.7 Å². The maximum absolute atomic E-state index is 12.6. The first-order valence-corrected chi connectivity index (χ1v) is 8.23. The predicted molar refractivity (Wildman–Crippen MR) is 92.1 cm³/mol. The molecule has 0 aliphatic carbocycles. The van der Waals surface area contributed by atoms with Gasteiger partial charge in [0.25, 0.3) is 5.91 Å². The number of aromatic nitrogens is 3. The fourth-order valence-corrected chi connectivity index (χ4v) is 3.08. The molecule has 25 heavy (non-hydrogen) atoms. The minimum absolute atomic E-state index is 0.0486. The van der Waals surface area contributed by atoms with Gasteiger partial charge in [-0.2, -0.15) is 4.98 Å². The van der Waals surface area contributed by atoms with E-state index in [2.05, 4.69) is 21.2 Å². The Morgan fingerprint density at radius 3 is 2.60 bits per heavy atom. The molecule has 4 rings (SSSR count). The summed E-state index contributed by atoms with van der Waals surface area (Å²) in [5.41, 5.74) is 3.60. The number of pyridine rings is 1. The smallest absolute Gasteiger partial charge is 0.253 e. The van der Waals surface area contributed by atoms with Crippen LogP contribution in [0.15, 0.2) is 47.1 Å². The Bertz CT molecular complexity index is 894. The zero-order valence-electron chi connectivity index (χ0n) is 14.1. The van der Waals surface area contributed by atoms with E-state index in [9.17, 15) is 4.79 Å². The zero-order valence-corrected chi connectivity index (χ0v) is 14.1. The number of carbonyl (C=O) groups excluding carboxylic acids is 1. The average Bonchev–Trinajstić information content (AvgIpc) is 3.03. The standard InChI is InChI=1S/C19H18N4O2/c1-12-7-13(2)9-14(8-12)19(24)23-10-15(11-23)18-21-17(22-25-18)16-5-3-4-6-20-16/h3-9,15H,10-11H2,1-2H3. The maximum atomic E-state index is 12.6. The first kappa shape index (κ1) is 15.5. The fourth-order valence-electron chi connectivity index (χ4n) is 3.08. The highest BCUT2D eigenvalue weighted by atomic mass is 16.5. The first-order chi connectivity index (χ1) is 12.1. The minimum atomic E-state index is 0.0486. The second kappa shape index (κ2) is 6.12. The molecule has 0 saturated carbocycles. The molecule has 3 heterocycles. The Morgan fingerprint density at radius 2 is 1.92 bits per heavy atom. The molecule has 1 saturated heterocycles. The van der Waals surface area contributed by atoms with Gasteiger partial charge in [0, 0.05) is 24.8 Å². The van der Waals surface area contributed by atoms with Crippen molar-refractivity contribution in [3.05, 3.63) is 65.2 Å². The zero-order chi connectivity index (χ0) is 17.4. The number of aryl methyl sites for hydroxylation is 2. The Kier molecular flexibility index (Phi) is 3.80. The van der Waals surface area contributed by atoms with Crippen molar-refractivity contribution in [3.8, 4) is 11.5 Å². The van der Waals surface area contributed by atoms with Crippen LogP contribution >= 0.6 is 0 Å². The lowest BCUT2D eigenvalue weighted by Gasteiger charge is -2.37. The van der Waals surface area contributed by atoms with Gasteiger partial charge in [-0.3, -0.25) is 9.78 Å². The van der Waals surface area contributed by atoms with Crippen LogP contribution in [0.5, 0.6) is 0 Å². The molecule has 1 aliphatic heterocycles. The molecule has 0 bridgehead atoms. The molecule has 0 unspecified atom stereocenters. The molecule has 0 atom stereocenters. The van der Waals surface area contributed by atoms with Crippen LogP contribution in [-0.2, 0) is 0 Å². The molecule has 3 aromatic rings. The van der Waals surface area contributed by atoms with Crippen LogP contribution in [0.1, 0.15) is 33.3 Å². The van der Waals surface area contributed by atoms with Crippen molar-refractivity contribution < 1.29 is 9.32 Å². The van der Waals surface area contributed by atoms with Crippen LogP contribution in [0.4, 0.5) is 0 Å². The van der Waals surface area contributed by atoms with Gasteiger partial charge in [0.15, 0.2) is 0 Å². The van der Waals surface area contributed by atoms with E-state index in [1.165, 1.54) is 0 Å². The van der Waals surface area contributed by atoms with E-state index in [0.29, 0.717) is 30.5 Å². The summed E-state index contributed by atoms with van der Waals surface area (Å²) in [5.74, 6) is 1.17. The normalized spacial score (nSPS) is 14.4. The molecule has 1 aromatic carbocycles. The number of likely N-dealkylation sites (tertiary alicyclic amines) is 1.